The molecule has 2 N–H and O–H groups in total. The van der Waals surface area contributed by atoms with E-state index in [9.17, 15) is 4.79 Å². The Kier molecular flexibility index (Phi) is 5.10. The van der Waals surface area contributed by atoms with Gasteiger partial charge in [0.1, 0.15) is 0 Å². The first-order valence-corrected chi connectivity index (χ1v) is 7.49. The molecule has 3 nitrogen and oxygen atoms in total. The van der Waals surface area contributed by atoms with Crippen LogP contribution in [0.2, 0.25) is 0 Å². The molecule has 0 saturated heterocycles. The van der Waals surface area contributed by atoms with Crippen LogP contribution in [-0.2, 0) is 12.3 Å². The van der Waals surface area contributed by atoms with E-state index in [0.29, 0.717) is 5.69 Å². The Balaban J connectivity index is 1.72. The van der Waals surface area contributed by atoms with E-state index in [4.69, 9.17) is 5.73 Å². The first kappa shape index (κ1) is 13.7. The molecule has 0 amide bonds. The summed E-state index contributed by atoms with van der Waals surface area (Å²) in [5, 5.41) is 0. The van der Waals surface area contributed by atoms with Gasteiger partial charge in [-0.05, 0) is 23.8 Å². The standard InChI is InChI=1S/C15H18N2OS/c16-14-7-8-15(18)17(11-14)9-4-10-19-12-13-5-2-1-3-6-13/h1-3,5-8,11H,4,9-10,12,16H2. The molecule has 1 aromatic carbocycles. The van der Waals surface area contributed by atoms with Crippen LogP contribution in [-0.4, -0.2) is 10.3 Å². The highest BCUT2D eigenvalue weighted by molar-refractivity contribution is 7.98. The van der Waals surface area contributed by atoms with Gasteiger partial charge in [0, 0.05) is 30.2 Å². The molecule has 0 bridgehead atoms. The third kappa shape index (κ3) is 4.48. The second kappa shape index (κ2) is 7.04. The summed E-state index contributed by atoms with van der Waals surface area (Å²) >= 11 is 1.89. The summed E-state index contributed by atoms with van der Waals surface area (Å²) in [4.78, 5) is 11.6. The monoisotopic (exact) mass is 274 g/mol. The molecule has 100 valence electrons. The van der Waals surface area contributed by atoms with Gasteiger partial charge in [0.05, 0.1) is 0 Å². The summed E-state index contributed by atoms with van der Waals surface area (Å²) in [6, 6.07) is 13.6. The van der Waals surface area contributed by atoms with Gasteiger partial charge in [-0.3, -0.25) is 4.79 Å². The van der Waals surface area contributed by atoms with Crippen molar-refractivity contribution in [2.24, 2.45) is 0 Å². The van der Waals surface area contributed by atoms with Crippen molar-refractivity contribution in [3.63, 3.8) is 0 Å². The van der Waals surface area contributed by atoms with E-state index in [1.54, 1.807) is 16.8 Å². The lowest BCUT2D eigenvalue weighted by molar-refractivity contribution is 0.660. The van der Waals surface area contributed by atoms with Crippen LogP contribution in [0.3, 0.4) is 0 Å². The van der Waals surface area contributed by atoms with Gasteiger partial charge in [0.25, 0.3) is 5.56 Å². The van der Waals surface area contributed by atoms with Gasteiger partial charge >= 0.3 is 0 Å². The molecule has 0 aliphatic rings. The molecule has 0 aliphatic carbocycles. The lowest BCUT2D eigenvalue weighted by Crippen LogP contribution is -2.19. The molecular formula is C15H18N2OS. The van der Waals surface area contributed by atoms with E-state index in [1.807, 2.05) is 17.8 Å². The smallest absolute Gasteiger partial charge is 0.250 e. The Morgan fingerprint density at radius 3 is 2.68 bits per heavy atom. The van der Waals surface area contributed by atoms with Crippen molar-refractivity contribution in [1.29, 1.82) is 0 Å². The van der Waals surface area contributed by atoms with Crippen molar-refractivity contribution in [3.05, 3.63) is 64.6 Å². The maximum Gasteiger partial charge on any atom is 0.250 e. The molecule has 0 unspecified atom stereocenters. The van der Waals surface area contributed by atoms with Crippen LogP contribution >= 0.6 is 11.8 Å². The Bertz CT molecular complexity index is 566. The minimum absolute atomic E-state index is 0.0160. The Labute approximate surface area is 117 Å². The Morgan fingerprint density at radius 2 is 1.89 bits per heavy atom. The van der Waals surface area contributed by atoms with Crippen LogP contribution in [0.25, 0.3) is 0 Å². The van der Waals surface area contributed by atoms with Crippen molar-refractivity contribution in [1.82, 2.24) is 4.57 Å². The average Bonchev–Trinajstić information content (AvgIpc) is 2.43. The van der Waals surface area contributed by atoms with Crippen LogP contribution in [0.1, 0.15) is 12.0 Å². The summed E-state index contributed by atoms with van der Waals surface area (Å²) in [7, 11) is 0. The number of hydrogen-bond acceptors (Lipinski definition) is 3. The lowest BCUT2D eigenvalue weighted by atomic mass is 10.2. The molecule has 19 heavy (non-hydrogen) atoms. The van der Waals surface area contributed by atoms with Gasteiger partial charge in [-0.15, -0.1) is 0 Å². The van der Waals surface area contributed by atoms with Gasteiger partial charge in [0.15, 0.2) is 0 Å². The number of nitrogen functional groups attached to an aromatic ring is 1. The molecule has 0 atom stereocenters. The summed E-state index contributed by atoms with van der Waals surface area (Å²) in [6.45, 7) is 0.728. The topological polar surface area (TPSA) is 48.0 Å². The van der Waals surface area contributed by atoms with E-state index < -0.39 is 0 Å². The molecule has 1 heterocycles. The highest BCUT2D eigenvalue weighted by Crippen LogP contribution is 2.12. The van der Waals surface area contributed by atoms with Crippen LogP contribution in [0, 0.1) is 0 Å². The molecule has 0 spiro atoms. The zero-order valence-corrected chi connectivity index (χ0v) is 11.6. The highest BCUT2D eigenvalue weighted by Gasteiger charge is 1.97. The zero-order valence-electron chi connectivity index (χ0n) is 10.8. The fourth-order valence-corrected chi connectivity index (χ4v) is 2.73. The predicted octanol–water partition coefficient (Wildman–Crippen LogP) is 2.75. The molecular weight excluding hydrogens is 256 g/mol. The van der Waals surface area contributed by atoms with Gasteiger partial charge in [0.2, 0.25) is 0 Å². The first-order chi connectivity index (χ1) is 9.25. The third-order valence-electron chi connectivity index (χ3n) is 2.81. The van der Waals surface area contributed by atoms with Crippen LogP contribution in [0.4, 0.5) is 5.69 Å². The fourth-order valence-electron chi connectivity index (χ4n) is 1.83. The number of aryl methyl sites for hydroxylation is 1. The van der Waals surface area contributed by atoms with Gasteiger partial charge in [-0.2, -0.15) is 11.8 Å². The molecule has 1 aromatic heterocycles. The van der Waals surface area contributed by atoms with Gasteiger partial charge < -0.3 is 10.3 Å². The number of benzene rings is 1. The number of rotatable bonds is 6. The van der Waals surface area contributed by atoms with Gasteiger partial charge in [-0.1, -0.05) is 30.3 Å². The number of nitrogens with two attached hydrogens (primary N) is 1. The highest BCUT2D eigenvalue weighted by atomic mass is 32.2. The van der Waals surface area contributed by atoms with Crippen LogP contribution < -0.4 is 11.3 Å². The molecule has 4 heteroatoms. The summed E-state index contributed by atoms with van der Waals surface area (Å²) in [6.07, 6.45) is 2.69. The number of nitrogens with zero attached hydrogens (tertiary/aromatic N) is 1. The van der Waals surface area contributed by atoms with E-state index in [1.165, 1.54) is 11.6 Å². The molecule has 0 aliphatic heterocycles. The summed E-state index contributed by atoms with van der Waals surface area (Å²) in [5.41, 5.74) is 7.66. The summed E-state index contributed by atoms with van der Waals surface area (Å²) in [5.74, 6) is 2.06. The van der Waals surface area contributed by atoms with Crippen molar-refractivity contribution in [2.45, 2.75) is 18.7 Å². The van der Waals surface area contributed by atoms with E-state index >= 15 is 0 Å². The van der Waals surface area contributed by atoms with Crippen molar-refractivity contribution < 1.29 is 0 Å². The quantitative estimate of drug-likeness (QED) is 0.824. The number of anilines is 1. The number of aromatic nitrogens is 1. The Hall–Kier alpha value is -1.68. The van der Waals surface area contributed by atoms with Crippen molar-refractivity contribution in [2.75, 3.05) is 11.5 Å². The van der Waals surface area contributed by atoms with E-state index in [-0.39, 0.29) is 5.56 Å². The first-order valence-electron chi connectivity index (χ1n) is 6.33. The van der Waals surface area contributed by atoms with Gasteiger partial charge in [-0.25, -0.2) is 0 Å². The number of hydrogen-bond donors (Lipinski definition) is 1. The molecule has 0 radical (unpaired) electrons. The predicted molar refractivity (Wildman–Crippen MR) is 82.3 cm³/mol. The van der Waals surface area contributed by atoms with Crippen LogP contribution in [0.5, 0.6) is 0 Å². The SMILES string of the molecule is Nc1ccc(=O)n(CCCSCc2ccccc2)c1. The number of thioether (sulfide) groups is 1. The second-order valence-electron chi connectivity index (χ2n) is 4.39. The van der Waals surface area contributed by atoms with E-state index in [0.717, 1.165) is 24.5 Å². The third-order valence-corrected chi connectivity index (χ3v) is 3.92. The average molecular weight is 274 g/mol. The molecule has 2 aromatic rings. The largest absolute Gasteiger partial charge is 0.398 e. The van der Waals surface area contributed by atoms with Crippen molar-refractivity contribution in [3.8, 4) is 0 Å². The lowest BCUT2D eigenvalue weighted by Gasteiger charge is -2.06. The number of pyridine rings is 1. The summed E-state index contributed by atoms with van der Waals surface area (Å²) < 4.78 is 1.68. The maximum absolute atomic E-state index is 11.6. The molecule has 0 saturated carbocycles. The fraction of sp³-hybridized carbons (Fsp3) is 0.267. The second-order valence-corrected chi connectivity index (χ2v) is 5.49. The van der Waals surface area contributed by atoms with E-state index in [2.05, 4.69) is 24.3 Å². The molecule has 2 rings (SSSR count). The Morgan fingerprint density at radius 1 is 1.11 bits per heavy atom. The van der Waals surface area contributed by atoms with Crippen molar-refractivity contribution >= 4 is 17.4 Å². The molecule has 0 fully saturated rings. The zero-order chi connectivity index (χ0) is 13.5. The van der Waals surface area contributed by atoms with Crippen LogP contribution in [0.15, 0.2) is 53.5 Å². The normalized spacial score (nSPS) is 10.5. The maximum atomic E-state index is 11.6. The minimum atomic E-state index is 0.0160. The minimum Gasteiger partial charge on any atom is -0.398 e.